The Morgan fingerprint density at radius 2 is 2.09 bits per heavy atom. The number of hydrogen-bond donors (Lipinski definition) is 1. The van der Waals surface area contributed by atoms with Gasteiger partial charge < -0.3 is 14.7 Å². The quantitative estimate of drug-likeness (QED) is 0.901. The van der Waals surface area contributed by atoms with Crippen molar-refractivity contribution in [2.24, 2.45) is 5.92 Å². The summed E-state index contributed by atoms with van der Waals surface area (Å²) >= 11 is 0. The van der Waals surface area contributed by atoms with Crippen LogP contribution in [0.4, 0.5) is 5.82 Å². The van der Waals surface area contributed by atoms with Gasteiger partial charge in [-0.2, -0.15) is 0 Å². The average molecular weight is 317 g/mol. The van der Waals surface area contributed by atoms with Crippen molar-refractivity contribution in [3.63, 3.8) is 0 Å². The maximum atomic E-state index is 9.35. The Bertz CT molecular complexity index is 632. The summed E-state index contributed by atoms with van der Waals surface area (Å²) in [6.07, 6.45) is 4.22. The molecule has 0 aliphatic carbocycles. The first-order chi connectivity index (χ1) is 11.2. The molecule has 1 N–H and O–H groups in total. The molecule has 0 atom stereocenters. The van der Waals surface area contributed by atoms with E-state index in [-0.39, 0.29) is 6.61 Å². The minimum atomic E-state index is -0.157. The van der Waals surface area contributed by atoms with Crippen LogP contribution in [0.5, 0.6) is 0 Å². The fraction of sp³-hybridized carbons (Fsp3) is 0.562. The Morgan fingerprint density at radius 3 is 2.70 bits per heavy atom. The third-order valence-electron chi connectivity index (χ3n) is 4.36. The normalized spacial score (nSPS) is 16.0. The Labute approximate surface area is 135 Å². The van der Waals surface area contributed by atoms with Gasteiger partial charge in [0, 0.05) is 20.2 Å². The van der Waals surface area contributed by atoms with E-state index in [1.54, 1.807) is 18.0 Å². The van der Waals surface area contributed by atoms with Gasteiger partial charge in [0.25, 0.3) is 0 Å². The van der Waals surface area contributed by atoms with Crippen molar-refractivity contribution in [3.8, 4) is 5.69 Å². The maximum absolute atomic E-state index is 9.35. The van der Waals surface area contributed by atoms with Crippen LogP contribution in [-0.4, -0.2) is 45.3 Å². The van der Waals surface area contributed by atoms with E-state index in [0.29, 0.717) is 12.3 Å². The zero-order valence-electron chi connectivity index (χ0n) is 13.6. The summed E-state index contributed by atoms with van der Waals surface area (Å²) < 4.78 is 6.85. The highest BCUT2D eigenvalue weighted by Crippen LogP contribution is 2.22. The highest BCUT2D eigenvalue weighted by molar-refractivity contribution is 5.44. The Hall–Kier alpha value is -1.99. The largest absolute Gasteiger partial charge is 0.390 e. The van der Waals surface area contributed by atoms with Crippen LogP contribution in [-0.2, 0) is 18.0 Å². The van der Waals surface area contributed by atoms with E-state index in [0.717, 1.165) is 36.2 Å². The topological polar surface area (TPSA) is 76.3 Å². The fourth-order valence-electron chi connectivity index (χ4n) is 2.87. The molecule has 0 amide bonds. The molecule has 2 aromatic rings. The fourth-order valence-corrected chi connectivity index (χ4v) is 2.87. The maximum Gasteiger partial charge on any atom is 0.128 e. The van der Waals surface area contributed by atoms with E-state index in [1.807, 2.05) is 12.1 Å². The number of aliphatic hydroxyl groups is 1. The molecule has 124 valence electrons. The first-order valence-corrected chi connectivity index (χ1v) is 7.97. The van der Waals surface area contributed by atoms with Gasteiger partial charge in [0.15, 0.2) is 0 Å². The van der Waals surface area contributed by atoms with Gasteiger partial charge in [0.05, 0.1) is 30.8 Å². The number of aliphatic hydroxyl groups excluding tert-OH is 1. The second-order valence-electron chi connectivity index (χ2n) is 6.03. The molecule has 0 saturated carbocycles. The molecule has 0 unspecified atom stereocenters. The number of ether oxygens (including phenoxy) is 1. The van der Waals surface area contributed by atoms with Crippen molar-refractivity contribution < 1.29 is 9.84 Å². The molecule has 0 bridgehead atoms. The van der Waals surface area contributed by atoms with Gasteiger partial charge in [-0.3, -0.25) is 0 Å². The highest BCUT2D eigenvalue weighted by atomic mass is 16.5. The predicted molar refractivity (Wildman–Crippen MR) is 86.4 cm³/mol. The molecule has 0 aromatic carbocycles. The first-order valence-electron chi connectivity index (χ1n) is 7.97. The average Bonchev–Trinajstić information content (AvgIpc) is 2.99. The minimum Gasteiger partial charge on any atom is -0.390 e. The Kier molecular flexibility index (Phi) is 4.88. The van der Waals surface area contributed by atoms with Crippen LogP contribution in [0, 0.1) is 5.92 Å². The molecular formula is C16H23N5O2. The predicted octanol–water partition coefficient (Wildman–Crippen LogP) is 1.54. The first kappa shape index (κ1) is 15.9. The highest BCUT2D eigenvalue weighted by Gasteiger charge is 2.18. The van der Waals surface area contributed by atoms with E-state index < -0.39 is 0 Å². The number of methoxy groups -OCH3 is 1. The van der Waals surface area contributed by atoms with Crippen LogP contribution in [0.1, 0.15) is 31.2 Å². The van der Waals surface area contributed by atoms with Crippen molar-refractivity contribution in [2.45, 2.75) is 33.0 Å². The lowest BCUT2D eigenvalue weighted by Gasteiger charge is -2.31. The van der Waals surface area contributed by atoms with Crippen LogP contribution >= 0.6 is 0 Å². The monoisotopic (exact) mass is 317 g/mol. The standard InChI is InChI=1S/C16H23N5O2/c1-12-5-7-20(8-6-12)16-4-3-13(9-17-16)21-15(11-23-2)14(10-22)18-19-21/h3-4,9,12,22H,5-8,10-11H2,1-2H3. The second-order valence-corrected chi connectivity index (χ2v) is 6.03. The lowest BCUT2D eigenvalue weighted by Crippen LogP contribution is -2.33. The molecule has 0 radical (unpaired) electrons. The molecule has 23 heavy (non-hydrogen) atoms. The van der Waals surface area contributed by atoms with Crippen molar-refractivity contribution in [2.75, 3.05) is 25.1 Å². The molecule has 7 nitrogen and oxygen atoms in total. The van der Waals surface area contributed by atoms with Gasteiger partial charge in [-0.05, 0) is 30.9 Å². The van der Waals surface area contributed by atoms with E-state index in [9.17, 15) is 5.11 Å². The number of pyridine rings is 1. The van der Waals surface area contributed by atoms with Crippen LogP contribution in [0.25, 0.3) is 5.69 Å². The molecule has 2 aromatic heterocycles. The van der Waals surface area contributed by atoms with Crippen LogP contribution in [0.15, 0.2) is 18.3 Å². The summed E-state index contributed by atoms with van der Waals surface area (Å²) in [6, 6.07) is 4.00. The Balaban J connectivity index is 1.81. The van der Waals surface area contributed by atoms with Gasteiger partial charge in [-0.1, -0.05) is 12.1 Å². The van der Waals surface area contributed by atoms with Crippen molar-refractivity contribution >= 4 is 5.82 Å². The number of anilines is 1. The molecule has 1 aliphatic rings. The van der Waals surface area contributed by atoms with Crippen molar-refractivity contribution in [1.29, 1.82) is 0 Å². The van der Waals surface area contributed by atoms with E-state index in [4.69, 9.17) is 4.74 Å². The third kappa shape index (κ3) is 3.35. The Morgan fingerprint density at radius 1 is 1.30 bits per heavy atom. The summed E-state index contributed by atoms with van der Waals surface area (Å²) in [6.45, 7) is 4.60. The van der Waals surface area contributed by atoms with Crippen LogP contribution in [0.2, 0.25) is 0 Å². The lowest BCUT2D eigenvalue weighted by molar-refractivity contribution is 0.175. The SMILES string of the molecule is COCc1c(CO)nnn1-c1ccc(N2CCC(C)CC2)nc1. The minimum absolute atomic E-state index is 0.157. The molecule has 1 saturated heterocycles. The van der Waals surface area contributed by atoms with Gasteiger partial charge in [0.1, 0.15) is 11.5 Å². The lowest BCUT2D eigenvalue weighted by atomic mass is 9.99. The second kappa shape index (κ2) is 7.06. The number of hydrogen-bond acceptors (Lipinski definition) is 6. The van der Waals surface area contributed by atoms with E-state index in [1.165, 1.54) is 12.8 Å². The van der Waals surface area contributed by atoms with Crippen LogP contribution in [0.3, 0.4) is 0 Å². The molecule has 3 rings (SSSR count). The zero-order valence-corrected chi connectivity index (χ0v) is 13.6. The van der Waals surface area contributed by atoms with Gasteiger partial charge in [-0.15, -0.1) is 5.10 Å². The van der Waals surface area contributed by atoms with E-state index in [2.05, 4.69) is 27.1 Å². The van der Waals surface area contributed by atoms with E-state index >= 15 is 0 Å². The number of piperidine rings is 1. The summed E-state index contributed by atoms with van der Waals surface area (Å²) in [5.41, 5.74) is 2.09. The van der Waals surface area contributed by atoms with Crippen LogP contribution < -0.4 is 4.90 Å². The molecule has 1 aliphatic heterocycles. The third-order valence-corrected chi connectivity index (χ3v) is 4.36. The van der Waals surface area contributed by atoms with Crippen molar-refractivity contribution in [3.05, 3.63) is 29.7 Å². The number of rotatable bonds is 5. The summed E-state index contributed by atoms with van der Waals surface area (Å²) in [4.78, 5) is 6.89. The molecule has 0 spiro atoms. The zero-order chi connectivity index (χ0) is 16.2. The van der Waals surface area contributed by atoms with Gasteiger partial charge >= 0.3 is 0 Å². The summed E-state index contributed by atoms with van der Waals surface area (Å²) in [7, 11) is 1.61. The summed E-state index contributed by atoms with van der Waals surface area (Å²) in [5.74, 6) is 1.80. The summed E-state index contributed by atoms with van der Waals surface area (Å²) in [5, 5.41) is 17.4. The molecule has 1 fully saturated rings. The smallest absolute Gasteiger partial charge is 0.128 e. The van der Waals surface area contributed by atoms with Gasteiger partial charge in [0.2, 0.25) is 0 Å². The van der Waals surface area contributed by atoms with Gasteiger partial charge in [-0.25, -0.2) is 9.67 Å². The molecule has 7 heteroatoms. The number of nitrogens with zero attached hydrogens (tertiary/aromatic N) is 5. The number of aromatic nitrogens is 4. The van der Waals surface area contributed by atoms with Crippen molar-refractivity contribution in [1.82, 2.24) is 20.0 Å². The molecular weight excluding hydrogens is 294 g/mol. The molecule has 3 heterocycles.